The Hall–Kier alpha value is -2.34. The van der Waals surface area contributed by atoms with Gasteiger partial charge in [-0.3, -0.25) is 0 Å². The lowest BCUT2D eigenvalue weighted by Gasteiger charge is -2.09. The van der Waals surface area contributed by atoms with Gasteiger partial charge in [-0.15, -0.1) is 0 Å². The predicted octanol–water partition coefficient (Wildman–Crippen LogP) is 3.40. The molecule has 1 aromatic carbocycles. The lowest BCUT2D eigenvalue weighted by molar-refractivity contribution is 0.0698. The fourth-order valence-corrected chi connectivity index (χ4v) is 2.15. The summed E-state index contributed by atoms with van der Waals surface area (Å²) in [4.78, 5) is 22.8. The van der Waals surface area contributed by atoms with Gasteiger partial charge < -0.3 is 15.7 Å². The second-order valence-electron chi connectivity index (χ2n) is 3.95. The van der Waals surface area contributed by atoms with Gasteiger partial charge in [-0.05, 0) is 30.5 Å². The first-order chi connectivity index (χ1) is 9.06. The highest BCUT2D eigenvalue weighted by Gasteiger charge is 2.12. The highest BCUT2D eigenvalue weighted by atomic mass is 32.1. The summed E-state index contributed by atoms with van der Waals surface area (Å²) >= 11 is 1.46. The third-order valence-electron chi connectivity index (χ3n) is 2.43. The maximum atomic E-state index is 11.7. The molecule has 1 aromatic heterocycles. The zero-order valence-corrected chi connectivity index (χ0v) is 11.0. The van der Waals surface area contributed by atoms with E-state index in [1.807, 2.05) is 5.38 Å². The Morgan fingerprint density at radius 3 is 2.63 bits per heavy atom. The lowest BCUT2D eigenvalue weighted by atomic mass is 10.1. The summed E-state index contributed by atoms with van der Waals surface area (Å²) < 4.78 is 0. The molecule has 3 N–H and O–H groups in total. The normalized spacial score (nSPS) is 9.95. The van der Waals surface area contributed by atoms with Crippen molar-refractivity contribution in [1.29, 1.82) is 0 Å². The number of carbonyl (C=O) groups is 2. The largest absolute Gasteiger partial charge is 0.478 e. The SMILES string of the molecule is Cc1ccc(NC(=O)Nc2ccsc2)c(C(=O)O)c1. The average molecular weight is 276 g/mol. The van der Waals surface area contributed by atoms with E-state index in [1.165, 1.54) is 17.4 Å². The molecular weight excluding hydrogens is 264 g/mol. The molecule has 5 nitrogen and oxygen atoms in total. The van der Waals surface area contributed by atoms with Gasteiger partial charge >= 0.3 is 12.0 Å². The van der Waals surface area contributed by atoms with E-state index < -0.39 is 12.0 Å². The number of nitrogens with one attached hydrogen (secondary N) is 2. The number of anilines is 2. The van der Waals surface area contributed by atoms with Crippen LogP contribution in [0, 0.1) is 6.92 Å². The number of thiophene rings is 1. The Morgan fingerprint density at radius 2 is 2.00 bits per heavy atom. The Labute approximate surface area is 113 Å². The van der Waals surface area contributed by atoms with Crippen molar-refractivity contribution in [3.05, 3.63) is 46.2 Å². The van der Waals surface area contributed by atoms with Gasteiger partial charge in [0.15, 0.2) is 0 Å². The number of amides is 2. The van der Waals surface area contributed by atoms with E-state index in [4.69, 9.17) is 5.11 Å². The molecule has 6 heteroatoms. The molecule has 0 aliphatic carbocycles. The number of aromatic carboxylic acids is 1. The number of urea groups is 1. The Kier molecular flexibility index (Phi) is 3.82. The molecule has 0 atom stereocenters. The van der Waals surface area contributed by atoms with Crippen LogP contribution in [0.25, 0.3) is 0 Å². The molecule has 19 heavy (non-hydrogen) atoms. The van der Waals surface area contributed by atoms with E-state index in [1.54, 1.807) is 30.5 Å². The number of carbonyl (C=O) groups excluding carboxylic acids is 1. The highest BCUT2D eigenvalue weighted by Crippen LogP contribution is 2.18. The number of carboxylic acid groups (broad SMARTS) is 1. The van der Waals surface area contributed by atoms with Gasteiger partial charge in [0.1, 0.15) is 0 Å². The van der Waals surface area contributed by atoms with Crippen molar-refractivity contribution >= 4 is 34.7 Å². The van der Waals surface area contributed by atoms with E-state index in [0.29, 0.717) is 5.69 Å². The molecule has 0 fully saturated rings. The molecule has 0 saturated carbocycles. The summed E-state index contributed by atoms with van der Waals surface area (Å²) in [6, 6.07) is 6.13. The third kappa shape index (κ3) is 3.32. The van der Waals surface area contributed by atoms with Crippen molar-refractivity contribution in [1.82, 2.24) is 0 Å². The maximum Gasteiger partial charge on any atom is 0.337 e. The van der Waals surface area contributed by atoms with Gasteiger partial charge in [0.25, 0.3) is 0 Å². The monoisotopic (exact) mass is 276 g/mol. The fraction of sp³-hybridized carbons (Fsp3) is 0.0769. The third-order valence-corrected chi connectivity index (χ3v) is 3.12. The topological polar surface area (TPSA) is 78.4 Å². The zero-order chi connectivity index (χ0) is 13.8. The summed E-state index contributed by atoms with van der Waals surface area (Å²) in [5.41, 5.74) is 1.83. The number of rotatable bonds is 3. The van der Waals surface area contributed by atoms with Crippen LogP contribution in [0.15, 0.2) is 35.0 Å². The molecule has 0 aliphatic rings. The molecule has 0 saturated heterocycles. The van der Waals surface area contributed by atoms with Crippen LogP contribution in [0.5, 0.6) is 0 Å². The van der Waals surface area contributed by atoms with E-state index in [9.17, 15) is 9.59 Å². The standard InChI is InChI=1S/C13H12N2O3S/c1-8-2-3-11(10(6-8)12(16)17)15-13(18)14-9-4-5-19-7-9/h2-7H,1H3,(H,16,17)(H2,14,15,18). The smallest absolute Gasteiger partial charge is 0.337 e. The number of carboxylic acids is 1. The summed E-state index contributed by atoms with van der Waals surface area (Å²) in [5, 5.41) is 17.9. The summed E-state index contributed by atoms with van der Waals surface area (Å²) in [6.45, 7) is 1.79. The van der Waals surface area contributed by atoms with Gasteiger partial charge in [-0.1, -0.05) is 11.6 Å². The first-order valence-electron chi connectivity index (χ1n) is 5.50. The predicted molar refractivity (Wildman–Crippen MR) is 75.1 cm³/mol. The zero-order valence-electron chi connectivity index (χ0n) is 10.1. The quantitative estimate of drug-likeness (QED) is 0.804. The molecule has 0 unspecified atom stereocenters. The van der Waals surface area contributed by atoms with Crippen molar-refractivity contribution in [2.75, 3.05) is 10.6 Å². The van der Waals surface area contributed by atoms with Crippen LogP contribution in [-0.4, -0.2) is 17.1 Å². The summed E-state index contributed by atoms with van der Waals surface area (Å²) in [5.74, 6) is -1.07. The van der Waals surface area contributed by atoms with E-state index in [0.717, 1.165) is 5.56 Å². The first kappa shape index (κ1) is 13.1. The molecule has 0 bridgehead atoms. The molecule has 2 amide bonds. The summed E-state index contributed by atoms with van der Waals surface area (Å²) in [6.07, 6.45) is 0. The van der Waals surface area contributed by atoms with Gasteiger partial charge in [0, 0.05) is 5.38 Å². The van der Waals surface area contributed by atoms with Crippen LogP contribution < -0.4 is 10.6 Å². The van der Waals surface area contributed by atoms with E-state index >= 15 is 0 Å². The van der Waals surface area contributed by atoms with Gasteiger partial charge in [-0.25, -0.2) is 9.59 Å². The number of benzene rings is 1. The minimum atomic E-state index is -1.07. The molecular formula is C13H12N2O3S. The fourth-order valence-electron chi connectivity index (χ4n) is 1.56. The molecule has 0 aliphatic heterocycles. The van der Waals surface area contributed by atoms with Crippen molar-refractivity contribution in [2.24, 2.45) is 0 Å². The minimum Gasteiger partial charge on any atom is -0.478 e. The molecule has 2 rings (SSSR count). The molecule has 98 valence electrons. The number of hydrogen-bond donors (Lipinski definition) is 3. The molecule has 0 spiro atoms. The van der Waals surface area contributed by atoms with Crippen LogP contribution >= 0.6 is 11.3 Å². The van der Waals surface area contributed by atoms with Gasteiger partial charge in [0.05, 0.1) is 16.9 Å². The van der Waals surface area contributed by atoms with Crippen molar-refractivity contribution in [3.63, 3.8) is 0 Å². The van der Waals surface area contributed by atoms with Gasteiger partial charge in [0.2, 0.25) is 0 Å². The second-order valence-corrected chi connectivity index (χ2v) is 4.73. The van der Waals surface area contributed by atoms with Crippen molar-refractivity contribution in [3.8, 4) is 0 Å². The van der Waals surface area contributed by atoms with Crippen molar-refractivity contribution < 1.29 is 14.7 Å². The van der Waals surface area contributed by atoms with Crippen LogP contribution in [-0.2, 0) is 0 Å². The average Bonchev–Trinajstić information content (AvgIpc) is 2.83. The minimum absolute atomic E-state index is 0.0699. The van der Waals surface area contributed by atoms with Crippen LogP contribution in [0.3, 0.4) is 0 Å². The Morgan fingerprint density at radius 1 is 1.21 bits per heavy atom. The number of aryl methyl sites for hydroxylation is 1. The molecule has 2 aromatic rings. The van der Waals surface area contributed by atoms with Crippen LogP contribution in [0.1, 0.15) is 15.9 Å². The molecule has 0 radical (unpaired) electrons. The highest BCUT2D eigenvalue weighted by molar-refractivity contribution is 7.08. The Bertz CT molecular complexity index is 608. The Balaban J connectivity index is 2.14. The van der Waals surface area contributed by atoms with Crippen LogP contribution in [0.2, 0.25) is 0 Å². The summed E-state index contributed by atoms with van der Waals surface area (Å²) in [7, 11) is 0. The van der Waals surface area contributed by atoms with Gasteiger partial charge in [-0.2, -0.15) is 11.3 Å². The van der Waals surface area contributed by atoms with Crippen LogP contribution in [0.4, 0.5) is 16.2 Å². The first-order valence-corrected chi connectivity index (χ1v) is 6.44. The number of hydrogen-bond acceptors (Lipinski definition) is 3. The molecule has 1 heterocycles. The maximum absolute atomic E-state index is 11.7. The second kappa shape index (κ2) is 5.53. The van der Waals surface area contributed by atoms with Crippen molar-refractivity contribution in [2.45, 2.75) is 6.92 Å². The lowest BCUT2D eigenvalue weighted by Crippen LogP contribution is -2.20. The van der Waals surface area contributed by atoms with E-state index in [-0.39, 0.29) is 11.3 Å². The van der Waals surface area contributed by atoms with E-state index in [2.05, 4.69) is 10.6 Å².